The van der Waals surface area contributed by atoms with E-state index in [4.69, 9.17) is 16.3 Å². The average molecular weight is 471 g/mol. The van der Waals surface area contributed by atoms with Crippen LogP contribution in [0.3, 0.4) is 0 Å². The fraction of sp³-hybridized carbons (Fsp3) is 0.250. The van der Waals surface area contributed by atoms with Crippen LogP contribution in [0.2, 0.25) is 5.02 Å². The number of nitrogens with one attached hydrogen (secondary N) is 1. The molecule has 32 heavy (non-hydrogen) atoms. The summed E-state index contributed by atoms with van der Waals surface area (Å²) in [6, 6.07) is 16.3. The summed E-state index contributed by atoms with van der Waals surface area (Å²) in [5, 5.41) is 0.321. The minimum Gasteiger partial charge on any atom is -0.381 e. The van der Waals surface area contributed by atoms with Crippen LogP contribution in [0, 0.1) is 0 Å². The van der Waals surface area contributed by atoms with Crippen molar-refractivity contribution in [3.05, 3.63) is 88.7 Å². The molecule has 1 aliphatic heterocycles. The number of rotatable bonds is 6. The molecule has 0 bridgehead atoms. The Morgan fingerprint density at radius 1 is 1.06 bits per heavy atom. The maximum Gasteiger partial charge on any atom is 0.261 e. The molecule has 0 atom stereocenters. The number of anilines is 1. The number of ether oxygens (including phenoxy) is 1. The van der Waals surface area contributed by atoms with Gasteiger partial charge in [-0.05, 0) is 66.3 Å². The SMILES string of the molecule is CC1(c2ccc(S(=O)(=O)Nc3ccc(Cl)cc3C(=O)c3ccccn3)cc2)CCOCC1. The molecule has 0 saturated carbocycles. The van der Waals surface area contributed by atoms with E-state index >= 15 is 0 Å². The van der Waals surface area contributed by atoms with Crippen LogP contribution in [0.1, 0.15) is 41.4 Å². The van der Waals surface area contributed by atoms with Gasteiger partial charge in [-0.15, -0.1) is 0 Å². The second kappa shape index (κ2) is 9.02. The Morgan fingerprint density at radius 3 is 2.44 bits per heavy atom. The molecule has 0 radical (unpaired) electrons. The molecular formula is C24H23ClN2O4S. The van der Waals surface area contributed by atoms with Gasteiger partial charge in [-0.2, -0.15) is 0 Å². The zero-order valence-electron chi connectivity index (χ0n) is 17.5. The van der Waals surface area contributed by atoms with Gasteiger partial charge in [0.1, 0.15) is 5.69 Å². The van der Waals surface area contributed by atoms with Crippen molar-refractivity contribution in [2.24, 2.45) is 0 Å². The molecule has 3 aromatic rings. The summed E-state index contributed by atoms with van der Waals surface area (Å²) in [6.45, 7) is 3.56. The second-order valence-corrected chi connectivity index (χ2v) is 10.2. The summed E-state index contributed by atoms with van der Waals surface area (Å²) in [5.74, 6) is -0.423. The summed E-state index contributed by atoms with van der Waals surface area (Å²) in [6.07, 6.45) is 3.28. The van der Waals surface area contributed by atoms with Crippen LogP contribution in [0.15, 0.2) is 71.8 Å². The van der Waals surface area contributed by atoms with Crippen LogP contribution < -0.4 is 4.72 Å². The Morgan fingerprint density at radius 2 is 1.78 bits per heavy atom. The Labute approximate surface area is 192 Å². The number of halogens is 1. The average Bonchev–Trinajstić information content (AvgIpc) is 2.81. The van der Waals surface area contributed by atoms with E-state index in [-0.39, 0.29) is 27.3 Å². The van der Waals surface area contributed by atoms with Crippen molar-refractivity contribution in [1.82, 2.24) is 4.98 Å². The lowest BCUT2D eigenvalue weighted by Gasteiger charge is -2.34. The number of carbonyl (C=O) groups excluding carboxylic acids is 1. The number of ketones is 1. The third kappa shape index (κ3) is 4.70. The lowest BCUT2D eigenvalue weighted by Crippen LogP contribution is -2.30. The quantitative estimate of drug-likeness (QED) is 0.521. The molecule has 0 amide bonds. The Kier molecular flexibility index (Phi) is 6.33. The van der Waals surface area contributed by atoms with Crippen molar-refractivity contribution in [3.8, 4) is 0 Å². The van der Waals surface area contributed by atoms with E-state index in [0.717, 1.165) is 18.4 Å². The van der Waals surface area contributed by atoms with Crippen LogP contribution in [-0.4, -0.2) is 32.4 Å². The van der Waals surface area contributed by atoms with E-state index in [1.807, 2.05) is 12.1 Å². The van der Waals surface area contributed by atoms with Crippen LogP contribution in [-0.2, 0) is 20.2 Å². The van der Waals surface area contributed by atoms with E-state index in [1.165, 1.54) is 24.4 Å². The zero-order valence-corrected chi connectivity index (χ0v) is 19.1. The van der Waals surface area contributed by atoms with Gasteiger partial charge in [-0.25, -0.2) is 8.42 Å². The van der Waals surface area contributed by atoms with E-state index in [2.05, 4.69) is 16.6 Å². The molecule has 1 saturated heterocycles. The predicted molar refractivity (Wildman–Crippen MR) is 124 cm³/mol. The molecule has 2 heterocycles. The van der Waals surface area contributed by atoms with Crippen LogP contribution in [0.25, 0.3) is 0 Å². The standard InChI is InChI=1S/C24H23ClN2O4S/c1-24(11-14-31-15-12-24)17-5-8-19(9-6-17)32(29,30)27-21-10-7-18(25)16-20(21)23(28)22-4-2-3-13-26-22/h2-10,13,16,27H,11-12,14-15H2,1H3. The van der Waals surface area contributed by atoms with Crippen molar-refractivity contribution in [1.29, 1.82) is 0 Å². The number of hydrogen-bond donors (Lipinski definition) is 1. The largest absolute Gasteiger partial charge is 0.381 e. The molecule has 2 aromatic carbocycles. The Bertz CT molecular complexity index is 1220. The fourth-order valence-electron chi connectivity index (χ4n) is 3.78. The van der Waals surface area contributed by atoms with Gasteiger partial charge in [0.25, 0.3) is 10.0 Å². The number of hydrogen-bond acceptors (Lipinski definition) is 5. The van der Waals surface area contributed by atoms with E-state index in [0.29, 0.717) is 18.2 Å². The smallest absolute Gasteiger partial charge is 0.261 e. The van der Waals surface area contributed by atoms with E-state index in [9.17, 15) is 13.2 Å². The van der Waals surface area contributed by atoms with Crippen molar-refractivity contribution in [2.75, 3.05) is 17.9 Å². The predicted octanol–water partition coefficient (Wildman–Crippen LogP) is 4.83. The minimum absolute atomic E-state index is 0.0353. The number of sulfonamides is 1. The number of aromatic nitrogens is 1. The summed E-state index contributed by atoms with van der Waals surface area (Å²) >= 11 is 6.08. The molecule has 1 aliphatic rings. The highest BCUT2D eigenvalue weighted by Crippen LogP contribution is 2.35. The first-order valence-electron chi connectivity index (χ1n) is 10.2. The van der Waals surface area contributed by atoms with Gasteiger partial charge >= 0.3 is 0 Å². The minimum atomic E-state index is -3.92. The lowest BCUT2D eigenvalue weighted by molar-refractivity contribution is 0.0564. The van der Waals surface area contributed by atoms with Crippen molar-refractivity contribution in [3.63, 3.8) is 0 Å². The third-order valence-corrected chi connectivity index (χ3v) is 7.44. The Hall–Kier alpha value is -2.74. The summed E-state index contributed by atoms with van der Waals surface area (Å²) in [7, 11) is -3.92. The van der Waals surface area contributed by atoms with Gasteiger partial charge in [0, 0.05) is 30.0 Å². The van der Waals surface area contributed by atoms with Gasteiger partial charge in [0.2, 0.25) is 5.78 Å². The monoisotopic (exact) mass is 470 g/mol. The summed E-state index contributed by atoms with van der Waals surface area (Å²) < 4.78 is 34.1. The highest BCUT2D eigenvalue weighted by molar-refractivity contribution is 7.92. The number of carbonyl (C=O) groups is 1. The summed E-state index contributed by atoms with van der Waals surface area (Å²) in [5.41, 5.74) is 1.52. The molecule has 6 nitrogen and oxygen atoms in total. The maximum atomic E-state index is 13.1. The van der Waals surface area contributed by atoms with Gasteiger partial charge in [0.05, 0.1) is 10.6 Å². The molecule has 4 rings (SSSR count). The molecule has 0 aliphatic carbocycles. The second-order valence-electron chi connectivity index (χ2n) is 8.04. The van der Waals surface area contributed by atoms with Crippen LogP contribution in [0.4, 0.5) is 5.69 Å². The number of pyridine rings is 1. The molecule has 0 unspecified atom stereocenters. The van der Waals surface area contributed by atoms with Gasteiger partial charge in [0.15, 0.2) is 0 Å². The molecule has 8 heteroatoms. The number of benzene rings is 2. The topological polar surface area (TPSA) is 85.4 Å². The van der Waals surface area contributed by atoms with Crippen molar-refractivity contribution >= 4 is 33.1 Å². The van der Waals surface area contributed by atoms with E-state index < -0.39 is 15.8 Å². The first kappa shape index (κ1) is 22.5. The Balaban J connectivity index is 1.62. The normalized spacial score (nSPS) is 15.8. The van der Waals surface area contributed by atoms with E-state index in [1.54, 1.807) is 30.3 Å². The molecule has 166 valence electrons. The first-order valence-corrected chi connectivity index (χ1v) is 12.1. The van der Waals surface area contributed by atoms with Crippen LogP contribution >= 0.6 is 11.6 Å². The first-order chi connectivity index (χ1) is 15.3. The molecule has 0 spiro atoms. The van der Waals surface area contributed by atoms with Crippen molar-refractivity contribution in [2.45, 2.75) is 30.1 Å². The van der Waals surface area contributed by atoms with Gasteiger partial charge < -0.3 is 4.74 Å². The molecule has 1 aromatic heterocycles. The molecule has 1 N–H and O–H groups in total. The van der Waals surface area contributed by atoms with Crippen LogP contribution in [0.5, 0.6) is 0 Å². The molecular weight excluding hydrogens is 448 g/mol. The highest BCUT2D eigenvalue weighted by Gasteiger charge is 2.30. The van der Waals surface area contributed by atoms with Gasteiger partial charge in [-0.1, -0.05) is 36.7 Å². The summed E-state index contributed by atoms with van der Waals surface area (Å²) in [4.78, 5) is 17.1. The highest BCUT2D eigenvalue weighted by atomic mass is 35.5. The lowest BCUT2D eigenvalue weighted by atomic mass is 9.76. The number of nitrogens with zero attached hydrogens (tertiary/aromatic N) is 1. The van der Waals surface area contributed by atoms with Gasteiger partial charge in [-0.3, -0.25) is 14.5 Å². The fourth-order valence-corrected chi connectivity index (χ4v) is 5.03. The molecule has 1 fully saturated rings. The maximum absolute atomic E-state index is 13.1. The zero-order chi connectivity index (χ0) is 22.8. The van der Waals surface area contributed by atoms with Crippen molar-refractivity contribution < 1.29 is 17.9 Å². The third-order valence-electron chi connectivity index (χ3n) is 5.83.